The summed E-state index contributed by atoms with van der Waals surface area (Å²) in [4.78, 5) is 18.4. The van der Waals surface area contributed by atoms with Gasteiger partial charge in [0.25, 0.3) is 5.91 Å². The van der Waals surface area contributed by atoms with Crippen LogP contribution in [0.5, 0.6) is 0 Å². The third-order valence-corrected chi connectivity index (χ3v) is 4.14. The lowest BCUT2D eigenvalue weighted by molar-refractivity contribution is 0.0717. The van der Waals surface area contributed by atoms with Gasteiger partial charge in [0.05, 0.1) is 16.1 Å². The van der Waals surface area contributed by atoms with Crippen LogP contribution in [0.4, 0.5) is 5.69 Å². The number of carbonyl (C=O) groups excluding carboxylic acids is 1. The van der Waals surface area contributed by atoms with Gasteiger partial charge in [0.1, 0.15) is 0 Å². The second kappa shape index (κ2) is 3.88. The summed E-state index contributed by atoms with van der Waals surface area (Å²) >= 11 is 4.69. The van der Waals surface area contributed by atoms with E-state index in [2.05, 4.69) is 17.6 Å². The van der Waals surface area contributed by atoms with E-state index in [1.54, 1.807) is 0 Å². The van der Waals surface area contributed by atoms with Crippen LogP contribution in [0, 0.1) is 0 Å². The van der Waals surface area contributed by atoms with Crippen molar-refractivity contribution in [2.24, 2.45) is 4.99 Å². The number of benzene rings is 1. The Kier molecular flexibility index (Phi) is 2.47. The number of aliphatic imine (C=N–C) groups is 1. The van der Waals surface area contributed by atoms with Gasteiger partial charge in [-0.15, -0.1) is 0 Å². The first-order valence-corrected chi connectivity index (χ1v) is 6.31. The first-order valence-electron chi connectivity index (χ1n) is 5.87. The number of carbonyl (C=O) groups is 1. The van der Waals surface area contributed by atoms with Crippen LogP contribution in [0.1, 0.15) is 29.6 Å². The molecule has 88 valence electrons. The molecule has 4 heteroatoms. The standard InChI is InChI=1S/C13H14N2OS/c16-12-10-4-1-2-5-11(10)14-8-7-13(17)6-3-9-15(12)13/h1-2,4-5,8,17H,3,6-7,9H2. The monoisotopic (exact) mass is 246 g/mol. The quantitative estimate of drug-likeness (QED) is 0.701. The largest absolute Gasteiger partial charge is 0.324 e. The minimum atomic E-state index is -0.339. The van der Waals surface area contributed by atoms with E-state index in [1.165, 1.54) is 0 Å². The SMILES string of the molecule is O=C1c2ccccc2N=CCC2(S)CCCN12. The molecular formula is C13H14N2OS. The molecule has 3 rings (SSSR count). The van der Waals surface area contributed by atoms with Gasteiger partial charge in [-0.25, -0.2) is 0 Å². The number of hydrogen-bond acceptors (Lipinski definition) is 3. The van der Waals surface area contributed by atoms with Gasteiger partial charge in [-0.05, 0) is 25.0 Å². The van der Waals surface area contributed by atoms with E-state index < -0.39 is 0 Å². The van der Waals surface area contributed by atoms with E-state index in [-0.39, 0.29) is 10.8 Å². The number of para-hydroxylation sites is 1. The molecule has 0 saturated carbocycles. The fourth-order valence-electron chi connectivity index (χ4n) is 2.57. The number of rotatable bonds is 0. The average molecular weight is 246 g/mol. The lowest BCUT2D eigenvalue weighted by Gasteiger charge is -2.34. The maximum atomic E-state index is 12.5. The zero-order chi connectivity index (χ0) is 11.9. The Balaban J connectivity index is 2.11. The molecule has 0 N–H and O–H groups in total. The Morgan fingerprint density at radius 3 is 3.06 bits per heavy atom. The highest BCUT2D eigenvalue weighted by Gasteiger charge is 2.41. The lowest BCUT2D eigenvalue weighted by atomic mass is 10.1. The minimum absolute atomic E-state index is 0.0601. The normalized spacial score (nSPS) is 27.4. The Labute approximate surface area is 106 Å². The first-order chi connectivity index (χ1) is 8.21. The van der Waals surface area contributed by atoms with Gasteiger partial charge in [-0.3, -0.25) is 9.79 Å². The summed E-state index contributed by atoms with van der Waals surface area (Å²) in [6.07, 6.45) is 4.56. The molecule has 1 aromatic rings. The van der Waals surface area contributed by atoms with Crippen LogP contribution in [-0.2, 0) is 0 Å². The summed E-state index contributed by atoms with van der Waals surface area (Å²) in [5.41, 5.74) is 1.45. The molecule has 2 heterocycles. The van der Waals surface area contributed by atoms with Gasteiger partial charge in [0.2, 0.25) is 0 Å². The topological polar surface area (TPSA) is 32.7 Å². The molecule has 1 aromatic carbocycles. The summed E-state index contributed by atoms with van der Waals surface area (Å²) in [5.74, 6) is 0.0601. The predicted molar refractivity (Wildman–Crippen MR) is 71.2 cm³/mol. The van der Waals surface area contributed by atoms with Crippen molar-refractivity contribution >= 4 is 30.4 Å². The molecule has 1 atom stereocenters. The van der Waals surface area contributed by atoms with Crippen LogP contribution in [0.2, 0.25) is 0 Å². The molecule has 1 unspecified atom stereocenters. The number of hydrogen-bond donors (Lipinski definition) is 1. The van der Waals surface area contributed by atoms with Gasteiger partial charge < -0.3 is 4.90 Å². The van der Waals surface area contributed by atoms with E-state index in [1.807, 2.05) is 35.4 Å². The molecule has 2 aliphatic rings. The summed E-state index contributed by atoms with van der Waals surface area (Å²) in [5, 5.41) is 0. The molecule has 17 heavy (non-hydrogen) atoms. The summed E-state index contributed by atoms with van der Waals surface area (Å²) in [7, 11) is 0. The number of fused-ring (bicyclic) bond motifs is 2. The zero-order valence-electron chi connectivity index (χ0n) is 9.47. The van der Waals surface area contributed by atoms with Crippen LogP contribution >= 0.6 is 12.6 Å². The Bertz CT molecular complexity index is 500. The molecule has 1 fully saturated rings. The van der Waals surface area contributed by atoms with Gasteiger partial charge in [-0.1, -0.05) is 12.1 Å². The van der Waals surface area contributed by atoms with E-state index in [9.17, 15) is 4.79 Å². The summed E-state index contributed by atoms with van der Waals surface area (Å²) in [6, 6.07) is 7.51. The highest BCUT2D eigenvalue weighted by atomic mass is 32.1. The van der Waals surface area contributed by atoms with E-state index in [0.29, 0.717) is 5.56 Å². The van der Waals surface area contributed by atoms with Gasteiger partial charge in [0, 0.05) is 19.2 Å². The zero-order valence-corrected chi connectivity index (χ0v) is 10.4. The molecule has 0 spiro atoms. The van der Waals surface area contributed by atoms with Crippen molar-refractivity contribution in [1.82, 2.24) is 4.90 Å². The second-order valence-corrected chi connectivity index (χ2v) is 5.41. The van der Waals surface area contributed by atoms with Crippen LogP contribution in [0.3, 0.4) is 0 Å². The molecule has 0 bridgehead atoms. The molecular weight excluding hydrogens is 232 g/mol. The molecule has 2 aliphatic heterocycles. The fourth-order valence-corrected chi connectivity index (χ4v) is 3.00. The van der Waals surface area contributed by atoms with Crippen molar-refractivity contribution in [3.63, 3.8) is 0 Å². The van der Waals surface area contributed by atoms with Crippen LogP contribution in [-0.4, -0.2) is 28.4 Å². The molecule has 0 aliphatic carbocycles. The molecule has 1 amide bonds. The molecule has 0 aromatic heterocycles. The summed E-state index contributed by atoms with van der Waals surface area (Å²) < 4.78 is 0. The minimum Gasteiger partial charge on any atom is -0.324 e. The maximum absolute atomic E-state index is 12.5. The van der Waals surface area contributed by atoms with Crippen molar-refractivity contribution in [3.05, 3.63) is 29.8 Å². The Morgan fingerprint density at radius 1 is 1.35 bits per heavy atom. The van der Waals surface area contributed by atoms with Gasteiger partial charge in [-0.2, -0.15) is 12.6 Å². The third kappa shape index (κ3) is 1.67. The first kappa shape index (κ1) is 10.8. The van der Waals surface area contributed by atoms with E-state index in [0.717, 1.165) is 31.5 Å². The Hall–Kier alpha value is -1.29. The highest BCUT2D eigenvalue weighted by Crippen LogP contribution is 2.38. The van der Waals surface area contributed by atoms with E-state index >= 15 is 0 Å². The third-order valence-electron chi connectivity index (χ3n) is 3.49. The second-order valence-electron chi connectivity index (χ2n) is 4.58. The average Bonchev–Trinajstić information content (AvgIpc) is 2.69. The molecule has 1 saturated heterocycles. The van der Waals surface area contributed by atoms with Crippen molar-refractivity contribution in [1.29, 1.82) is 0 Å². The van der Waals surface area contributed by atoms with Crippen molar-refractivity contribution < 1.29 is 4.79 Å². The van der Waals surface area contributed by atoms with Gasteiger partial charge in [0.15, 0.2) is 0 Å². The highest BCUT2D eigenvalue weighted by molar-refractivity contribution is 7.81. The van der Waals surface area contributed by atoms with Gasteiger partial charge >= 0.3 is 0 Å². The van der Waals surface area contributed by atoms with E-state index in [4.69, 9.17) is 0 Å². The van der Waals surface area contributed by atoms with Crippen molar-refractivity contribution in [3.8, 4) is 0 Å². The number of thiol groups is 1. The summed E-state index contributed by atoms with van der Waals surface area (Å²) in [6.45, 7) is 0.796. The Morgan fingerprint density at radius 2 is 2.18 bits per heavy atom. The van der Waals surface area contributed by atoms with Crippen molar-refractivity contribution in [2.45, 2.75) is 24.1 Å². The maximum Gasteiger partial charge on any atom is 0.257 e. The number of nitrogens with zero attached hydrogens (tertiary/aromatic N) is 2. The molecule has 0 radical (unpaired) electrons. The van der Waals surface area contributed by atoms with Crippen LogP contribution < -0.4 is 0 Å². The lowest BCUT2D eigenvalue weighted by Crippen LogP contribution is -2.44. The fraction of sp³-hybridized carbons (Fsp3) is 0.385. The van der Waals surface area contributed by atoms with Crippen LogP contribution in [0.15, 0.2) is 29.3 Å². The number of amides is 1. The smallest absolute Gasteiger partial charge is 0.257 e. The predicted octanol–water partition coefficient (Wildman–Crippen LogP) is 2.65. The van der Waals surface area contributed by atoms with Crippen molar-refractivity contribution in [2.75, 3.05) is 6.54 Å². The molecule has 3 nitrogen and oxygen atoms in total. The van der Waals surface area contributed by atoms with Crippen LogP contribution in [0.25, 0.3) is 0 Å².